The van der Waals surface area contributed by atoms with Crippen LogP contribution in [0.5, 0.6) is 11.5 Å². The van der Waals surface area contributed by atoms with Crippen molar-refractivity contribution in [2.45, 2.75) is 26.1 Å². The Morgan fingerprint density at radius 1 is 1.06 bits per heavy atom. The van der Waals surface area contributed by atoms with Crippen molar-refractivity contribution >= 4 is 21.8 Å². The lowest BCUT2D eigenvalue weighted by atomic mass is 10.0. The van der Waals surface area contributed by atoms with Gasteiger partial charge in [-0.25, -0.2) is 0 Å². The summed E-state index contributed by atoms with van der Waals surface area (Å²) < 4.78 is 55.3. The number of ether oxygens (including phenoxy) is 2. The second kappa shape index (κ2) is 9.68. The quantitative estimate of drug-likeness (QED) is 0.408. The zero-order valence-electron chi connectivity index (χ0n) is 17.6. The Labute approximate surface area is 191 Å². The van der Waals surface area contributed by atoms with Gasteiger partial charge in [0, 0.05) is 17.7 Å². The van der Waals surface area contributed by atoms with Crippen molar-refractivity contribution < 1.29 is 31.9 Å². The fourth-order valence-corrected chi connectivity index (χ4v) is 3.91. The van der Waals surface area contributed by atoms with Gasteiger partial charge < -0.3 is 19.2 Å². The number of hydrogen-bond acceptors (Lipinski definition) is 4. The first-order chi connectivity index (χ1) is 15.2. The van der Waals surface area contributed by atoms with Gasteiger partial charge in [-0.15, -0.1) is 0 Å². The van der Waals surface area contributed by atoms with E-state index in [4.69, 9.17) is 13.9 Å². The highest BCUT2D eigenvalue weighted by atomic mass is 79.9. The number of furan rings is 1. The van der Waals surface area contributed by atoms with Crippen LogP contribution in [0.15, 0.2) is 51.6 Å². The van der Waals surface area contributed by atoms with Crippen molar-refractivity contribution in [2.75, 3.05) is 14.2 Å². The topological polar surface area (TPSA) is 60.7 Å². The summed E-state index contributed by atoms with van der Waals surface area (Å²) in [6, 6.07) is 9.79. The van der Waals surface area contributed by atoms with Crippen LogP contribution in [-0.4, -0.2) is 20.1 Å². The molecular formula is C23H21BrF3NO4. The lowest BCUT2D eigenvalue weighted by Crippen LogP contribution is -2.24. The summed E-state index contributed by atoms with van der Waals surface area (Å²) in [6.07, 6.45) is -3.96. The van der Waals surface area contributed by atoms with Crippen LogP contribution in [0.3, 0.4) is 0 Å². The first-order valence-electron chi connectivity index (χ1n) is 9.67. The Morgan fingerprint density at radius 3 is 2.28 bits per heavy atom. The minimum absolute atomic E-state index is 0.201. The minimum Gasteiger partial charge on any atom is -0.493 e. The Hall–Kier alpha value is -2.94. The molecule has 1 aromatic heterocycles. The van der Waals surface area contributed by atoms with Crippen LogP contribution in [0.25, 0.3) is 11.3 Å². The first kappa shape index (κ1) is 23.7. The van der Waals surface area contributed by atoms with Crippen molar-refractivity contribution in [3.8, 4) is 22.8 Å². The average molecular weight is 512 g/mol. The molecule has 0 saturated carbocycles. The molecule has 0 aliphatic heterocycles. The molecule has 0 aliphatic carbocycles. The van der Waals surface area contributed by atoms with E-state index in [1.165, 1.54) is 26.4 Å². The summed E-state index contributed by atoms with van der Waals surface area (Å²) in [6.45, 7) is 2.06. The van der Waals surface area contributed by atoms with Gasteiger partial charge in [0.2, 0.25) is 0 Å². The molecule has 0 spiro atoms. The Kier molecular flexibility index (Phi) is 7.18. The number of hydrogen-bond donors (Lipinski definition) is 1. The molecule has 0 saturated heterocycles. The van der Waals surface area contributed by atoms with Crippen LogP contribution in [0.2, 0.25) is 0 Å². The van der Waals surface area contributed by atoms with Crippen LogP contribution in [-0.2, 0) is 19.1 Å². The molecule has 0 unspecified atom stereocenters. The molecule has 0 aliphatic rings. The highest BCUT2D eigenvalue weighted by Gasteiger charge is 2.31. The first-order valence-corrected chi connectivity index (χ1v) is 10.5. The molecule has 2 aromatic carbocycles. The van der Waals surface area contributed by atoms with Gasteiger partial charge in [-0.3, -0.25) is 4.79 Å². The van der Waals surface area contributed by atoms with Crippen molar-refractivity contribution in [1.29, 1.82) is 0 Å². The molecule has 3 rings (SSSR count). The zero-order chi connectivity index (χ0) is 23.5. The second-order valence-corrected chi connectivity index (χ2v) is 7.58. The van der Waals surface area contributed by atoms with Gasteiger partial charge in [0.25, 0.3) is 5.91 Å². The van der Waals surface area contributed by atoms with Crippen LogP contribution in [0.4, 0.5) is 13.2 Å². The third kappa shape index (κ3) is 4.93. The van der Waals surface area contributed by atoms with Crippen molar-refractivity contribution in [2.24, 2.45) is 0 Å². The SMILES string of the molecule is CCc1c(Br)oc(-c2ccc(C(F)(F)F)cc2)c1C(=O)NCc1ccc(OC)c(OC)c1. The predicted molar refractivity (Wildman–Crippen MR) is 117 cm³/mol. The van der Waals surface area contributed by atoms with Gasteiger partial charge in [-0.2, -0.15) is 13.2 Å². The highest BCUT2D eigenvalue weighted by Crippen LogP contribution is 2.37. The summed E-state index contributed by atoms with van der Waals surface area (Å²) in [5.74, 6) is 0.900. The largest absolute Gasteiger partial charge is 0.493 e. The van der Waals surface area contributed by atoms with Gasteiger partial charge in [0.15, 0.2) is 16.2 Å². The van der Waals surface area contributed by atoms with E-state index in [2.05, 4.69) is 21.2 Å². The number of alkyl halides is 3. The van der Waals surface area contributed by atoms with Gasteiger partial charge in [0.1, 0.15) is 5.76 Å². The molecule has 0 fully saturated rings. The van der Waals surface area contributed by atoms with E-state index in [0.717, 1.165) is 17.7 Å². The number of carbonyl (C=O) groups is 1. The van der Waals surface area contributed by atoms with Crippen molar-refractivity contribution in [3.05, 3.63) is 69.4 Å². The van der Waals surface area contributed by atoms with E-state index in [1.807, 2.05) is 6.92 Å². The summed E-state index contributed by atoms with van der Waals surface area (Å²) in [4.78, 5) is 13.1. The Balaban J connectivity index is 1.89. The lowest BCUT2D eigenvalue weighted by molar-refractivity contribution is -0.137. The third-order valence-electron chi connectivity index (χ3n) is 4.91. The molecule has 0 radical (unpaired) electrons. The van der Waals surface area contributed by atoms with Crippen molar-refractivity contribution in [3.63, 3.8) is 0 Å². The molecule has 0 atom stereocenters. The van der Waals surface area contributed by atoms with Gasteiger partial charge in [-0.1, -0.05) is 25.1 Å². The Morgan fingerprint density at radius 2 is 1.72 bits per heavy atom. The molecule has 170 valence electrons. The number of benzene rings is 2. The van der Waals surface area contributed by atoms with Gasteiger partial charge >= 0.3 is 6.18 Å². The molecule has 9 heteroatoms. The lowest BCUT2D eigenvalue weighted by Gasteiger charge is -2.11. The maximum atomic E-state index is 13.1. The predicted octanol–water partition coefficient (Wildman–Crippen LogP) is 6.24. The van der Waals surface area contributed by atoms with Crippen LogP contribution in [0.1, 0.15) is 34.0 Å². The van der Waals surface area contributed by atoms with E-state index in [-0.39, 0.29) is 17.9 Å². The van der Waals surface area contributed by atoms with E-state index in [1.54, 1.807) is 18.2 Å². The maximum Gasteiger partial charge on any atom is 0.416 e. The summed E-state index contributed by atoms with van der Waals surface area (Å²) in [5, 5.41) is 2.84. The highest BCUT2D eigenvalue weighted by molar-refractivity contribution is 9.10. The monoisotopic (exact) mass is 511 g/mol. The maximum absolute atomic E-state index is 13.1. The molecule has 32 heavy (non-hydrogen) atoms. The normalized spacial score (nSPS) is 11.3. The number of nitrogens with one attached hydrogen (secondary N) is 1. The van der Waals surface area contributed by atoms with Gasteiger partial charge in [-0.05, 0) is 52.2 Å². The average Bonchev–Trinajstić information content (AvgIpc) is 3.12. The molecule has 5 nitrogen and oxygen atoms in total. The van der Waals surface area contributed by atoms with E-state index < -0.39 is 17.6 Å². The zero-order valence-corrected chi connectivity index (χ0v) is 19.2. The standard InChI is InChI=1S/C23H21BrF3NO4/c1-4-16-19(22(29)28-12-13-5-10-17(30-2)18(11-13)31-3)20(32-21(16)24)14-6-8-15(9-7-14)23(25,26)27/h5-11H,4,12H2,1-3H3,(H,28,29). The number of carbonyl (C=O) groups excluding carboxylic acids is 1. The van der Waals surface area contributed by atoms with Crippen LogP contribution >= 0.6 is 15.9 Å². The van der Waals surface area contributed by atoms with Crippen LogP contribution < -0.4 is 14.8 Å². The van der Waals surface area contributed by atoms with E-state index in [9.17, 15) is 18.0 Å². The molecule has 1 N–H and O–H groups in total. The van der Waals surface area contributed by atoms with Gasteiger partial charge in [0.05, 0.1) is 25.3 Å². The van der Waals surface area contributed by atoms with Crippen LogP contribution in [0, 0.1) is 0 Å². The second-order valence-electron chi connectivity index (χ2n) is 6.86. The Bertz CT molecular complexity index is 1110. The fraction of sp³-hybridized carbons (Fsp3) is 0.261. The molecule has 3 aromatic rings. The summed E-state index contributed by atoms with van der Waals surface area (Å²) in [7, 11) is 3.05. The summed E-state index contributed by atoms with van der Waals surface area (Å²) in [5.41, 5.74) is 1.29. The fourth-order valence-electron chi connectivity index (χ4n) is 3.27. The number of rotatable bonds is 7. The summed E-state index contributed by atoms with van der Waals surface area (Å²) >= 11 is 3.31. The number of halogens is 4. The van der Waals surface area contributed by atoms with Crippen molar-refractivity contribution in [1.82, 2.24) is 5.32 Å². The smallest absolute Gasteiger partial charge is 0.416 e. The third-order valence-corrected chi connectivity index (χ3v) is 5.55. The van der Waals surface area contributed by atoms with E-state index in [0.29, 0.717) is 33.7 Å². The molecule has 0 bridgehead atoms. The number of methoxy groups -OCH3 is 2. The van der Waals surface area contributed by atoms with E-state index >= 15 is 0 Å². The molecule has 1 heterocycles. The molecular weight excluding hydrogens is 491 g/mol. The molecule has 1 amide bonds. The minimum atomic E-state index is -4.45. The number of amides is 1.